The molecule has 2 aromatic carbocycles. The van der Waals surface area contributed by atoms with Gasteiger partial charge in [0.25, 0.3) is 0 Å². The lowest BCUT2D eigenvalue weighted by Crippen LogP contribution is -2.25. The van der Waals surface area contributed by atoms with Gasteiger partial charge in [0.15, 0.2) is 0 Å². The predicted octanol–water partition coefficient (Wildman–Crippen LogP) is 3.48. The highest BCUT2D eigenvalue weighted by molar-refractivity contribution is 5.63. The minimum Gasteiger partial charge on any atom is -0.380 e. The molecule has 0 aromatic heterocycles. The number of benzene rings is 2. The molecule has 0 amide bonds. The molecule has 19 heavy (non-hydrogen) atoms. The van der Waals surface area contributed by atoms with E-state index in [0.29, 0.717) is 0 Å². The average Bonchev–Trinajstić information content (AvgIpc) is 2.48. The lowest BCUT2D eigenvalue weighted by Gasteiger charge is -2.11. The Morgan fingerprint density at radius 1 is 0.947 bits per heavy atom. The number of rotatable bonds is 6. The summed E-state index contributed by atoms with van der Waals surface area (Å²) in [6, 6.07) is 19.1. The number of nitrogens with one attached hydrogen (secondary N) is 1. The van der Waals surface area contributed by atoms with Gasteiger partial charge in [-0.15, -0.1) is 0 Å². The third kappa shape index (κ3) is 4.19. The highest BCUT2D eigenvalue weighted by Gasteiger charge is 2.00. The van der Waals surface area contributed by atoms with Crippen LogP contribution in [0.2, 0.25) is 0 Å². The Balaban J connectivity index is 1.92. The van der Waals surface area contributed by atoms with Crippen molar-refractivity contribution in [3.8, 4) is 11.1 Å². The SMILES string of the molecule is COC(C)CNCc1ccc(-c2ccccc2)cc1. The highest BCUT2D eigenvalue weighted by atomic mass is 16.5. The van der Waals surface area contributed by atoms with Crippen LogP contribution < -0.4 is 5.32 Å². The van der Waals surface area contributed by atoms with Crippen LogP contribution in [0.4, 0.5) is 0 Å². The van der Waals surface area contributed by atoms with E-state index in [1.165, 1.54) is 16.7 Å². The van der Waals surface area contributed by atoms with Crippen LogP contribution in [0.15, 0.2) is 54.6 Å². The van der Waals surface area contributed by atoms with E-state index in [0.717, 1.165) is 13.1 Å². The molecule has 0 fully saturated rings. The van der Waals surface area contributed by atoms with E-state index in [4.69, 9.17) is 4.74 Å². The first kappa shape index (κ1) is 13.8. The standard InChI is InChI=1S/C17H21NO/c1-14(19-2)12-18-13-15-8-10-17(11-9-15)16-6-4-3-5-7-16/h3-11,14,18H,12-13H2,1-2H3. The first-order valence-corrected chi connectivity index (χ1v) is 6.67. The maximum Gasteiger partial charge on any atom is 0.0667 e. The predicted molar refractivity (Wildman–Crippen MR) is 80.1 cm³/mol. The number of methoxy groups -OCH3 is 1. The van der Waals surface area contributed by atoms with E-state index in [1.54, 1.807) is 7.11 Å². The second-order valence-electron chi connectivity index (χ2n) is 4.74. The summed E-state index contributed by atoms with van der Waals surface area (Å²) in [4.78, 5) is 0. The quantitative estimate of drug-likeness (QED) is 0.853. The van der Waals surface area contributed by atoms with Crippen molar-refractivity contribution >= 4 is 0 Å². The minimum absolute atomic E-state index is 0.253. The fourth-order valence-corrected chi connectivity index (χ4v) is 1.95. The van der Waals surface area contributed by atoms with Gasteiger partial charge in [0.2, 0.25) is 0 Å². The summed E-state index contributed by atoms with van der Waals surface area (Å²) in [6.07, 6.45) is 0.253. The van der Waals surface area contributed by atoms with Gasteiger partial charge in [-0.1, -0.05) is 54.6 Å². The molecule has 0 saturated carbocycles. The van der Waals surface area contributed by atoms with E-state index in [-0.39, 0.29) is 6.10 Å². The molecular formula is C17H21NO. The van der Waals surface area contributed by atoms with Gasteiger partial charge in [0.1, 0.15) is 0 Å². The Morgan fingerprint density at radius 2 is 1.58 bits per heavy atom. The van der Waals surface area contributed by atoms with Gasteiger partial charge in [0.05, 0.1) is 6.10 Å². The minimum atomic E-state index is 0.253. The maximum absolute atomic E-state index is 5.20. The average molecular weight is 255 g/mol. The molecule has 0 aliphatic carbocycles. The molecule has 2 rings (SSSR count). The Labute approximate surface area is 115 Å². The monoisotopic (exact) mass is 255 g/mol. The van der Waals surface area contributed by atoms with Crippen molar-refractivity contribution in [3.63, 3.8) is 0 Å². The van der Waals surface area contributed by atoms with Gasteiger partial charge < -0.3 is 10.1 Å². The van der Waals surface area contributed by atoms with E-state index in [2.05, 4.69) is 60.8 Å². The maximum atomic E-state index is 5.20. The normalized spacial score (nSPS) is 12.3. The summed E-state index contributed by atoms with van der Waals surface area (Å²) in [5.74, 6) is 0. The molecule has 0 saturated heterocycles. The molecule has 0 heterocycles. The fraction of sp³-hybridized carbons (Fsp3) is 0.294. The van der Waals surface area contributed by atoms with Crippen LogP contribution in [-0.2, 0) is 11.3 Å². The van der Waals surface area contributed by atoms with Crippen LogP contribution >= 0.6 is 0 Å². The van der Waals surface area contributed by atoms with Gasteiger partial charge in [-0.25, -0.2) is 0 Å². The van der Waals surface area contributed by atoms with Crippen LogP contribution in [-0.4, -0.2) is 19.8 Å². The number of hydrogen-bond donors (Lipinski definition) is 1. The van der Waals surface area contributed by atoms with Gasteiger partial charge in [-0.05, 0) is 23.6 Å². The molecule has 0 radical (unpaired) electrons. The molecule has 1 N–H and O–H groups in total. The molecule has 100 valence electrons. The van der Waals surface area contributed by atoms with Gasteiger partial charge in [0, 0.05) is 20.2 Å². The first-order chi connectivity index (χ1) is 9.29. The van der Waals surface area contributed by atoms with Crippen molar-refractivity contribution in [3.05, 3.63) is 60.2 Å². The largest absolute Gasteiger partial charge is 0.380 e. The van der Waals surface area contributed by atoms with Crippen molar-refractivity contribution in [1.82, 2.24) is 5.32 Å². The number of hydrogen-bond acceptors (Lipinski definition) is 2. The lowest BCUT2D eigenvalue weighted by atomic mass is 10.0. The molecule has 1 unspecified atom stereocenters. The molecule has 2 aromatic rings. The van der Waals surface area contributed by atoms with Crippen molar-refractivity contribution in [2.24, 2.45) is 0 Å². The third-order valence-corrected chi connectivity index (χ3v) is 3.22. The van der Waals surface area contributed by atoms with Crippen molar-refractivity contribution < 1.29 is 4.74 Å². The zero-order valence-electron chi connectivity index (χ0n) is 11.6. The van der Waals surface area contributed by atoms with Gasteiger partial charge in [-0.3, -0.25) is 0 Å². The summed E-state index contributed by atoms with van der Waals surface area (Å²) in [6.45, 7) is 3.81. The highest BCUT2D eigenvalue weighted by Crippen LogP contribution is 2.19. The zero-order valence-corrected chi connectivity index (χ0v) is 11.6. The molecule has 0 spiro atoms. The Bertz CT molecular complexity index is 478. The summed E-state index contributed by atoms with van der Waals surface area (Å²) < 4.78 is 5.20. The van der Waals surface area contributed by atoms with E-state index < -0.39 is 0 Å². The lowest BCUT2D eigenvalue weighted by molar-refractivity contribution is 0.117. The second kappa shape index (κ2) is 7.07. The summed E-state index contributed by atoms with van der Waals surface area (Å²) >= 11 is 0. The van der Waals surface area contributed by atoms with E-state index in [9.17, 15) is 0 Å². The summed E-state index contributed by atoms with van der Waals surface area (Å²) in [5.41, 5.74) is 3.81. The fourth-order valence-electron chi connectivity index (χ4n) is 1.95. The molecule has 1 atom stereocenters. The third-order valence-electron chi connectivity index (χ3n) is 3.22. The molecule has 0 aliphatic rings. The van der Waals surface area contributed by atoms with Crippen LogP contribution in [0.25, 0.3) is 11.1 Å². The van der Waals surface area contributed by atoms with Crippen molar-refractivity contribution in [1.29, 1.82) is 0 Å². The Hall–Kier alpha value is -1.64. The molecule has 2 nitrogen and oxygen atoms in total. The van der Waals surface area contributed by atoms with Crippen LogP contribution in [0.3, 0.4) is 0 Å². The Kier molecular flexibility index (Phi) is 5.13. The van der Waals surface area contributed by atoms with Crippen LogP contribution in [0.1, 0.15) is 12.5 Å². The molecule has 2 heteroatoms. The Morgan fingerprint density at radius 3 is 2.21 bits per heavy atom. The van der Waals surface area contributed by atoms with E-state index >= 15 is 0 Å². The topological polar surface area (TPSA) is 21.3 Å². The summed E-state index contributed by atoms with van der Waals surface area (Å²) in [5, 5.41) is 3.39. The zero-order chi connectivity index (χ0) is 13.5. The van der Waals surface area contributed by atoms with Crippen LogP contribution in [0.5, 0.6) is 0 Å². The van der Waals surface area contributed by atoms with Gasteiger partial charge >= 0.3 is 0 Å². The summed E-state index contributed by atoms with van der Waals surface area (Å²) in [7, 11) is 1.74. The molecule has 0 bridgehead atoms. The number of ether oxygens (including phenoxy) is 1. The van der Waals surface area contributed by atoms with Crippen molar-refractivity contribution in [2.75, 3.05) is 13.7 Å². The molecular weight excluding hydrogens is 234 g/mol. The first-order valence-electron chi connectivity index (χ1n) is 6.67. The van der Waals surface area contributed by atoms with Crippen LogP contribution in [0, 0.1) is 0 Å². The van der Waals surface area contributed by atoms with Gasteiger partial charge in [-0.2, -0.15) is 0 Å². The molecule has 0 aliphatic heterocycles. The second-order valence-corrected chi connectivity index (χ2v) is 4.74. The smallest absolute Gasteiger partial charge is 0.0667 e. The van der Waals surface area contributed by atoms with Crippen molar-refractivity contribution in [2.45, 2.75) is 19.6 Å². The van der Waals surface area contributed by atoms with E-state index in [1.807, 2.05) is 6.07 Å².